The lowest BCUT2D eigenvalue weighted by molar-refractivity contribution is 0.625. The van der Waals surface area contributed by atoms with Crippen molar-refractivity contribution in [3.63, 3.8) is 0 Å². The summed E-state index contributed by atoms with van der Waals surface area (Å²) in [6.45, 7) is 6.33. The maximum absolute atomic E-state index is 5.56. The van der Waals surface area contributed by atoms with E-state index in [0.717, 1.165) is 27.6 Å². The molecule has 0 radical (unpaired) electrons. The number of nitrogens with one attached hydrogen (secondary N) is 1. The van der Waals surface area contributed by atoms with Crippen LogP contribution in [0.3, 0.4) is 0 Å². The molecule has 106 valence electrons. The average Bonchev–Trinajstić information content (AvgIpc) is 3.04. The highest BCUT2D eigenvalue weighted by atomic mass is 32.1. The first kappa shape index (κ1) is 13.7. The summed E-state index contributed by atoms with van der Waals surface area (Å²) in [4.78, 5) is 5.66. The molecule has 5 heteroatoms. The van der Waals surface area contributed by atoms with Crippen LogP contribution in [0.2, 0.25) is 0 Å². The zero-order valence-electron chi connectivity index (χ0n) is 12.2. The van der Waals surface area contributed by atoms with Crippen LogP contribution in [0.1, 0.15) is 26.3 Å². The van der Waals surface area contributed by atoms with Crippen molar-refractivity contribution in [2.24, 2.45) is 0 Å². The fourth-order valence-electron chi connectivity index (χ4n) is 2.12. The van der Waals surface area contributed by atoms with E-state index >= 15 is 0 Å². The second-order valence-electron chi connectivity index (χ2n) is 5.81. The van der Waals surface area contributed by atoms with Crippen molar-refractivity contribution in [2.45, 2.75) is 26.3 Å². The number of hydrogen-bond acceptors (Lipinski definition) is 4. The third kappa shape index (κ3) is 2.63. The summed E-state index contributed by atoms with van der Waals surface area (Å²) in [5.74, 6) is 3.62. The van der Waals surface area contributed by atoms with Gasteiger partial charge in [-0.2, -0.15) is 9.61 Å². The summed E-state index contributed by atoms with van der Waals surface area (Å²) in [6.07, 6.45) is 7.31. The minimum absolute atomic E-state index is 0.0676. The van der Waals surface area contributed by atoms with Gasteiger partial charge in [0.1, 0.15) is 5.82 Å². The maximum atomic E-state index is 5.56. The predicted molar refractivity (Wildman–Crippen MR) is 87.6 cm³/mol. The lowest BCUT2D eigenvalue weighted by Gasteiger charge is -2.22. The molecule has 1 N–H and O–H groups in total. The van der Waals surface area contributed by atoms with E-state index < -0.39 is 0 Å². The zero-order chi connectivity index (χ0) is 15.0. The molecule has 21 heavy (non-hydrogen) atoms. The molecule has 3 aromatic heterocycles. The fraction of sp³-hybridized carbons (Fsp3) is 0.250. The molecule has 0 aromatic carbocycles. The van der Waals surface area contributed by atoms with Crippen molar-refractivity contribution in [1.82, 2.24) is 14.6 Å². The van der Waals surface area contributed by atoms with Gasteiger partial charge in [-0.1, -0.05) is 5.92 Å². The number of anilines is 1. The van der Waals surface area contributed by atoms with Crippen LogP contribution in [-0.4, -0.2) is 20.1 Å². The van der Waals surface area contributed by atoms with Crippen LogP contribution >= 0.6 is 11.3 Å². The Bertz CT molecular complexity index is 830. The first-order chi connectivity index (χ1) is 9.98. The molecule has 0 fully saturated rings. The average molecular weight is 296 g/mol. The lowest BCUT2D eigenvalue weighted by Crippen LogP contribution is -2.27. The van der Waals surface area contributed by atoms with Gasteiger partial charge in [0.2, 0.25) is 0 Å². The standard InChI is InChI=1S/C16H16N4S/c1-5-11-7-9-21-15(11)12-10-14(19-16(2,3)4)20-13(18-12)6-8-17-20/h1,6-10,19H,2-4H3. The summed E-state index contributed by atoms with van der Waals surface area (Å²) < 4.78 is 1.80. The van der Waals surface area contributed by atoms with Crippen LogP contribution in [0.5, 0.6) is 0 Å². The Morgan fingerprint density at radius 2 is 2.14 bits per heavy atom. The van der Waals surface area contributed by atoms with Crippen molar-refractivity contribution in [3.05, 3.63) is 35.3 Å². The van der Waals surface area contributed by atoms with Crippen molar-refractivity contribution in [3.8, 4) is 22.9 Å². The Morgan fingerprint density at radius 1 is 1.33 bits per heavy atom. The molecular formula is C16H16N4S. The van der Waals surface area contributed by atoms with Gasteiger partial charge in [0, 0.05) is 23.2 Å². The van der Waals surface area contributed by atoms with Gasteiger partial charge in [0.15, 0.2) is 5.65 Å². The number of thiophene rings is 1. The Hall–Kier alpha value is -2.32. The number of fused-ring (bicyclic) bond motifs is 1. The van der Waals surface area contributed by atoms with Crippen LogP contribution in [0, 0.1) is 12.3 Å². The highest BCUT2D eigenvalue weighted by Gasteiger charge is 2.16. The van der Waals surface area contributed by atoms with Crippen LogP contribution in [0.4, 0.5) is 5.82 Å². The smallest absolute Gasteiger partial charge is 0.158 e. The number of hydrogen-bond donors (Lipinski definition) is 1. The minimum atomic E-state index is -0.0676. The van der Waals surface area contributed by atoms with E-state index in [4.69, 9.17) is 6.42 Å². The van der Waals surface area contributed by atoms with Crippen molar-refractivity contribution < 1.29 is 0 Å². The Balaban J connectivity index is 2.19. The normalized spacial score (nSPS) is 11.5. The van der Waals surface area contributed by atoms with Gasteiger partial charge in [-0.25, -0.2) is 4.98 Å². The van der Waals surface area contributed by atoms with Crippen LogP contribution in [-0.2, 0) is 0 Å². The van der Waals surface area contributed by atoms with Gasteiger partial charge in [0.05, 0.1) is 16.8 Å². The van der Waals surface area contributed by atoms with E-state index in [1.165, 1.54) is 0 Å². The Morgan fingerprint density at radius 3 is 2.86 bits per heavy atom. The summed E-state index contributed by atoms with van der Waals surface area (Å²) in [6, 6.07) is 5.83. The monoisotopic (exact) mass is 296 g/mol. The highest BCUT2D eigenvalue weighted by Crippen LogP contribution is 2.30. The van der Waals surface area contributed by atoms with Gasteiger partial charge in [-0.3, -0.25) is 0 Å². The second-order valence-corrected chi connectivity index (χ2v) is 6.73. The predicted octanol–water partition coefficient (Wildman–Crippen LogP) is 3.65. The molecule has 3 rings (SSSR count). The van der Waals surface area contributed by atoms with E-state index in [-0.39, 0.29) is 5.54 Å². The van der Waals surface area contributed by atoms with Crippen LogP contribution < -0.4 is 5.32 Å². The maximum Gasteiger partial charge on any atom is 0.158 e. The number of nitrogens with zero attached hydrogens (tertiary/aromatic N) is 3. The Labute approximate surface area is 127 Å². The van der Waals surface area contributed by atoms with Gasteiger partial charge in [-0.15, -0.1) is 17.8 Å². The fourth-order valence-corrected chi connectivity index (χ4v) is 2.94. The molecule has 0 amide bonds. The molecule has 0 aliphatic carbocycles. The molecule has 0 saturated carbocycles. The number of aromatic nitrogens is 3. The van der Waals surface area contributed by atoms with Crippen LogP contribution in [0.15, 0.2) is 29.8 Å². The third-order valence-corrected chi connectivity index (χ3v) is 3.85. The summed E-state index contributed by atoms with van der Waals surface area (Å²) >= 11 is 1.60. The molecule has 3 aromatic rings. The topological polar surface area (TPSA) is 42.2 Å². The zero-order valence-corrected chi connectivity index (χ0v) is 13.0. The largest absolute Gasteiger partial charge is 0.365 e. The molecule has 0 atom stereocenters. The first-order valence-electron chi connectivity index (χ1n) is 6.65. The lowest BCUT2D eigenvalue weighted by atomic mass is 10.1. The van der Waals surface area contributed by atoms with Crippen molar-refractivity contribution in [2.75, 3.05) is 5.32 Å². The molecule has 0 unspecified atom stereocenters. The first-order valence-corrected chi connectivity index (χ1v) is 7.53. The molecule has 3 heterocycles. The van der Waals surface area contributed by atoms with Gasteiger partial charge in [-0.05, 0) is 32.2 Å². The molecule has 0 bridgehead atoms. The van der Waals surface area contributed by atoms with Gasteiger partial charge < -0.3 is 5.32 Å². The summed E-state index contributed by atoms with van der Waals surface area (Å²) in [7, 11) is 0. The number of terminal acetylenes is 1. The van der Waals surface area contributed by atoms with Crippen molar-refractivity contribution in [1.29, 1.82) is 0 Å². The molecule has 0 spiro atoms. The van der Waals surface area contributed by atoms with E-state index in [9.17, 15) is 0 Å². The quantitative estimate of drug-likeness (QED) is 0.734. The van der Waals surface area contributed by atoms with Gasteiger partial charge >= 0.3 is 0 Å². The van der Waals surface area contributed by atoms with E-state index in [2.05, 4.69) is 42.1 Å². The highest BCUT2D eigenvalue weighted by molar-refractivity contribution is 7.13. The molecule has 4 nitrogen and oxygen atoms in total. The SMILES string of the molecule is C#Cc1ccsc1-c1cc(NC(C)(C)C)n2nccc2n1. The second kappa shape index (κ2) is 4.90. The van der Waals surface area contributed by atoms with Gasteiger partial charge in [0.25, 0.3) is 0 Å². The summed E-state index contributed by atoms with van der Waals surface area (Å²) in [5, 5.41) is 9.78. The van der Waals surface area contributed by atoms with E-state index in [0.29, 0.717) is 0 Å². The summed E-state index contributed by atoms with van der Waals surface area (Å²) in [5.41, 5.74) is 2.48. The number of rotatable bonds is 2. The minimum Gasteiger partial charge on any atom is -0.365 e. The van der Waals surface area contributed by atoms with E-state index in [1.54, 1.807) is 22.0 Å². The molecular weight excluding hydrogens is 280 g/mol. The molecule has 0 saturated heterocycles. The van der Waals surface area contributed by atoms with Crippen molar-refractivity contribution >= 4 is 22.8 Å². The van der Waals surface area contributed by atoms with E-state index in [1.807, 2.05) is 23.6 Å². The molecule has 0 aliphatic rings. The third-order valence-electron chi connectivity index (χ3n) is 2.92. The molecule has 0 aliphatic heterocycles. The van der Waals surface area contributed by atoms with Crippen LogP contribution in [0.25, 0.3) is 16.2 Å². The Kier molecular flexibility index (Phi) is 3.19.